The van der Waals surface area contributed by atoms with Crippen LogP contribution in [0.3, 0.4) is 0 Å². The molecule has 4 atom stereocenters. The molecule has 2 aliphatic carbocycles. The summed E-state index contributed by atoms with van der Waals surface area (Å²) in [5.74, 6) is 0.993. The van der Waals surface area contributed by atoms with Gasteiger partial charge in [-0.2, -0.15) is 0 Å². The molecule has 2 nitrogen and oxygen atoms in total. The van der Waals surface area contributed by atoms with Crippen LogP contribution in [0, 0.1) is 5.92 Å². The molecule has 0 bridgehead atoms. The zero-order chi connectivity index (χ0) is 11.0. The average Bonchev–Trinajstić information content (AvgIpc) is 2.72. The smallest absolute Gasteiger partial charge is 0.0555 e. The van der Waals surface area contributed by atoms with Gasteiger partial charge in [0, 0.05) is 12.1 Å². The van der Waals surface area contributed by atoms with Crippen LogP contribution in [0.4, 0.5) is 0 Å². The van der Waals surface area contributed by atoms with Crippen molar-refractivity contribution in [2.24, 2.45) is 5.92 Å². The van der Waals surface area contributed by atoms with Gasteiger partial charge < -0.3 is 5.11 Å². The topological polar surface area (TPSA) is 23.5 Å². The minimum Gasteiger partial charge on any atom is -0.393 e. The molecule has 1 aliphatic heterocycles. The second-order valence-electron chi connectivity index (χ2n) is 6.11. The van der Waals surface area contributed by atoms with Crippen LogP contribution in [0.1, 0.15) is 57.8 Å². The molecule has 1 saturated heterocycles. The van der Waals surface area contributed by atoms with E-state index in [1.54, 1.807) is 0 Å². The van der Waals surface area contributed by atoms with E-state index in [1.807, 2.05) is 0 Å². The lowest BCUT2D eigenvalue weighted by atomic mass is 9.84. The molecule has 1 N–H and O–H groups in total. The fourth-order valence-electron chi connectivity index (χ4n) is 4.34. The van der Waals surface area contributed by atoms with Crippen LogP contribution in [0.15, 0.2) is 0 Å². The Morgan fingerprint density at radius 1 is 0.875 bits per heavy atom. The largest absolute Gasteiger partial charge is 0.393 e. The van der Waals surface area contributed by atoms with Crippen molar-refractivity contribution in [3.63, 3.8) is 0 Å². The number of hydrogen-bond acceptors (Lipinski definition) is 2. The van der Waals surface area contributed by atoms with E-state index in [4.69, 9.17) is 0 Å². The Bertz CT molecular complexity index is 243. The van der Waals surface area contributed by atoms with E-state index in [1.165, 1.54) is 51.5 Å². The minimum absolute atomic E-state index is 0.0126. The van der Waals surface area contributed by atoms with E-state index in [0.717, 1.165) is 24.8 Å². The molecule has 3 rings (SSSR count). The molecular weight excluding hydrogens is 198 g/mol. The van der Waals surface area contributed by atoms with Crippen LogP contribution in [0.2, 0.25) is 0 Å². The zero-order valence-corrected chi connectivity index (χ0v) is 10.3. The fraction of sp³-hybridized carbons (Fsp3) is 1.00. The van der Waals surface area contributed by atoms with Crippen molar-refractivity contribution in [1.29, 1.82) is 0 Å². The van der Waals surface area contributed by atoms with Crippen LogP contribution < -0.4 is 0 Å². The Hall–Kier alpha value is -0.0800. The first-order chi connectivity index (χ1) is 7.84. The van der Waals surface area contributed by atoms with Crippen molar-refractivity contribution in [2.75, 3.05) is 6.54 Å². The lowest BCUT2D eigenvalue weighted by Crippen LogP contribution is -2.45. The van der Waals surface area contributed by atoms with Gasteiger partial charge in [-0.05, 0) is 57.4 Å². The van der Waals surface area contributed by atoms with Gasteiger partial charge in [-0.25, -0.2) is 0 Å². The number of fused-ring (bicyclic) bond motifs is 1. The standard InChI is InChI=1S/C14H25NO/c16-13-6-3-5-12(10-13)15-9-8-11-4-1-2-7-14(11)15/h11-14,16H,1-10H2. The van der Waals surface area contributed by atoms with E-state index >= 15 is 0 Å². The van der Waals surface area contributed by atoms with Crippen LogP contribution in [0.25, 0.3) is 0 Å². The SMILES string of the molecule is OC1CCCC(N2CCC3CCCCC32)C1. The van der Waals surface area contributed by atoms with Crippen LogP contribution in [-0.4, -0.2) is 34.7 Å². The molecule has 92 valence electrons. The highest BCUT2D eigenvalue weighted by Gasteiger charge is 2.39. The first-order valence-electron chi connectivity index (χ1n) is 7.28. The monoisotopic (exact) mass is 223 g/mol. The Labute approximate surface area is 99.0 Å². The summed E-state index contributed by atoms with van der Waals surface area (Å²) in [6.07, 6.45) is 11.9. The third-order valence-electron chi connectivity index (χ3n) is 5.14. The maximum absolute atomic E-state index is 9.81. The molecule has 0 amide bonds. The van der Waals surface area contributed by atoms with Gasteiger partial charge in [0.1, 0.15) is 0 Å². The third kappa shape index (κ3) is 2.02. The van der Waals surface area contributed by atoms with Gasteiger partial charge >= 0.3 is 0 Å². The summed E-state index contributed by atoms with van der Waals surface area (Å²) in [5.41, 5.74) is 0. The number of aliphatic hydroxyl groups is 1. The molecule has 0 aromatic carbocycles. The predicted molar refractivity (Wildman–Crippen MR) is 65.3 cm³/mol. The summed E-state index contributed by atoms with van der Waals surface area (Å²) in [7, 11) is 0. The second-order valence-corrected chi connectivity index (χ2v) is 6.11. The summed E-state index contributed by atoms with van der Waals surface area (Å²) in [5, 5.41) is 9.81. The van der Waals surface area contributed by atoms with Gasteiger partial charge in [-0.15, -0.1) is 0 Å². The normalized spacial score (nSPS) is 45.6. The quantitative estimate of drug-likeness (QED) is 0.738. The van der Waals surface area contributed by atoms with Gasteiger partial charge in [-0.3, -0.25) is 4.90 Å². The van der Waals surface area contributed by atoms with Crippen molar-refractivity contribution in [1.82, 2.24) is 4.90 Å². The van der Waals surface area contributed by atoms with Crippen molar-refractivity contribution in [2.45, 2.75) is 76.0 Å². The number of hydrogen-bond donors (Lipinski definition) is 1. The first kappa shape index (κ1) is 11.0. The Morgan fingerprint density at radius 2 is 1.75 bits per heavy atom. The van der Waals surface area contributed by atoms with Gasteiger partial charge in [-0.1, -0.05) is 12.8 Å². The molecule has 0 aromatic heterocycles. The summed E-state index contributed by atoms with van der Waals surface area (Å²) >= 11 is 0. The Morgan fingerprint density at radius 3 is 2.62 bits per heavy atom. The van der Waals surface area contributed by atoms with E-state index in [0.29, 0.717) is 6.04 Å². The summed E-state index contributed by atoms with van der Waals surface area (Å²) in [6, 6.07) is 1.58. The molecule has 0 spiro atoms. The highest BCUT2D eigenvalue weighted by Crippen LogP contribution is 2.39. The summed E-state index contributed by atoms with van der Waals surface area (Å²) in [6.45, 7) is 1.31. The molecule has 0 aromatic rings. The number of rotatable bonds is 1. The van der Waals surface area contributed by atoms with Crippen molar-refractivity contribution >= 4 is 0 Å². The molecule has 3 fully saturated rings. The molecular formula is C14H25NO. The number of aliphatic hydroxyl groups excluding tert-OH is 1. The van der Waals surface area contributed by atoms with E-state index in [2.05, 4.69) is 4.90 Å². The second kappa shape index (κ2) is 4.66. The summed E-state index contributed by atoms with van der Waals surface area (Å²) < 4.78 is 0. The van der Waals surface area contributed by atoms with Crippen LogP contribution >= 0.6 is 0 Å². The lowest BCUT2D eigenvalue weighted by molar-refractivity contribution is 0.0443. The predicted octanol–water partition coefficient (Wildman–Crippen LogP) is 2.55. The molecule has 16 heavy (non-hydrogen) atoms. The van der Waals surface area contributed by atoms with E-state index < -0.39 is 0 Å². The molecule has 4 unspecified atom stereocenters. The zero-order valence-electron chi connectivity index (χ0n) is 10.3. The average molecular weight is 223 g/mol. The molecule has 0 radical (unpaired) electrons. The van der Waals surface area contributed by atoms with Crippen molar-refractivity contribution in [3.8, 4) is 0 Å². The first-order valence-corrected chi connectivity index (χ1v) is 7.28. The van der Waals surface area contributed by atoms with E-state index in [-0.39, 0.29) is 6.10 Å². The van der Waals surface area contributed by atoms with E-state index in [9.17, 15) is 5.11 Å². The van der Waals surface area contributed by atoms with Gasteiger partial charge in [0.15, 0.2) is 0 Å². The summed E-state index contributed by atoms with van der Waals surface area (Å²) in [4.78, 5) is 2.77. The fourth-order valence-corrected chi connectivity index (χ4v) is 4.34. The minimum atomic E-state index is -0.0126. The molecule has 3 aliphatic rings. The highest BCUT2D eigenvalue weighted by atomic mass is 16.3. The Balaban J connectivity index is 1.65. The van der Waals surface area contributed by atoms with Crippen molar-refractivity contribution in [3.05, 3.63) is 0 Å². The van der Waals surface area contributed by atoms with Crippen molar-refractivity contribution < 1.29 is 5.11 Å². The van der Waals surface area contributed by atoms with Crippen LogP contribution in [-0.2, 0) is 0 Å². The lowest BCUT2D eigenvalue weighted by Gasteiger charge is -2.40. The van der Waals surface area contributed by atoms with Gasteiger partial charge in [0.25, 0.3) is 0 Å². The number of nitrogens with zero attached hydrogens (tertiary/aromatic N) is 1. The van der Waals surface area contributed by atoms with Gasteiger partial charge in [0.2, 0.25) is 0 Å². The number of likely N-dealkylation sites (tertiary alicyclic amines) is 1. The molecule has 2 heteroatoms. The highest BCUT2D eigenvalue weighted by molar-refractivity contribution is 4.94. The maximum atomic E-state index is 9.81. The maximum Gasteiger partial charge on any atom is 0.0555 e. The van der Waals surface area contributed by atoms with Crippen LogP contribution in [0.5, 0.6) is 0 Å². The molecule has 2 saturated carbocycles. The third-order valence-corrected chi connectivity index (χ3v) is 5.14. The Kier molecular flexibility index (Phi) is 3.21. The molecule has 1 heterocycles. The van der Waals surface area contributed by atoms with Gasteiger partial charge in [0.05, 0.1) is 6.10 Å².